The van der Waals surface area contributed by atoms with Crippen molar-refractivity contribution < 1.29 is 26.7 Å². The number of anilines is 1. The first-order valence-electron chi connectivity index (χ1n) is 10.5. The predicted molar refractivity (Wildman–Crippen MR) is 119 cm³/mol. The summed E-state index contributed by atoms with van der Waals surface area (Å²) in [5.41, 5.74) is 1.41. The van der Waals surface area contributed by atoms with Gasteiger partial charge in [0.15, 0.2) is 15.5 Å². The maximum absolute atomic E-state index is 13.0. The Morgan fingerprint density at radius 1 is 1.29 bits per heavy atom. The van der Waals surface area contributed by atoms with Crippen LogP contribution < -0.4 is 15.4 Å². The number of hydrogen-bond donors (Lipinski definition) is 3. The van der Waals surface area contributed by atoms with Crippen LogP contribution in [0.2, 0.25) is 0 Å². The Bertz CT molecular complexity index is 1500. The van der Waals surface area contributed by atoms with E-state index in [1.54, 1.807) is 12.3 Å². The van der Waals surface area contributed by atoms with Crippen molar-refractivity contribution in [2.45, 2.75) is 23.2 Å². The van der Waals surface area contributed by atoms with Crippen molar-refractivity contribution in [3.63, 3.8) is 0 Å². The van der Waals surface area contributed by atoms with Crippen LogP contribution in [-0.4, -0.2) is 64.1 Å². The molecule has 0 bridgehead atoms. The molecule has 14 heteroatoms. The lowest BCUT2D eigenvalue weighted by molar-refractivity contribution is -0.0504. The Labute approximate surface area is 197 Å². The van der Waals surface area contributed by atoms with Crippen molar-refractivity contribution in [3.8, 4) is 5.75 Å². The average Bonchev–Trinajstić information content (AvgIpc) is 3.40. The first kappa shape index (κ1) is 22.9. The SMILES string of the molecule is O=C(Nc1cn[nH]c1Cc1cc(S(=O)(=O)C2CNC2)ccc1OC(F)F)c1cnn2cccnc12. The molecule has 4 aromatic rings. The molecule has 0 atom stereocenters. The van der Waals surface area contributed by atoms with Crippen LogP contribution in [0.5, 0.6) is 5.75 Å². The molecule has 3 aromatic heterocycles. The molecule has 1 aliphatic heterocycles. The van der Waals surface area contributed by atoms with Crippen LogP contribution in [-0.2, 0) is 16.3 Å². The van der Waals surface area contributed by atoms with Crippen molar-refractivity contribution >= 4 is 27.1 Å². The molecule has 1 fully saturated rings. The average molecular weight is 503 g/mol. The van der Waals surface area contributed by atoms with E-state index in [2.05, 4.69) is 35.7 Å². The number of sulfone groups is 1. The zero-order valence-electron chi connectivity index (χ0n) is 18.0. The predicted octanol–water partition coefficient (Wildman–Crippen LogP) is 1.64. The van der Waals surface area contributed by atoms with E-state index in [0.717, 1.165) is 0 Å². The minimum Gasteiger partial charge on any atom is -0.435 e. The number of fused-ring (bicyclic) bond motifs is 1. The van der Waals surface area contributed by atoms with E-state index < -0.39 is 27.6 Å². The van der Waals surface area contributed by atoms with Gasteiger partial charge in [-0.1, -0.05) is 0 Å². The normalized spacial score (nSPS) is 14.3. The molecular weight excluding hydrogens is 484 g/mol. The molecule has 0 unspecified atom stereocenters. The number of alkyl halides is 2. The van der Waals surface area contributed by atoms with Gasteiger partial charge >= 0.3 is 6.61 Å². The largest absolute Gasteiger partial charge is 0.435 e. The lowest BCUT2D eigenvalue weighted by Gasteiger charge is -2.27. The number of carbonyl (C=O) groups excluding carboxylic acids is 1. The highest BCUT2D eigenvalue weighted by molar-refractivity contribution is 7.92. The number of carbonyl (C=O) groups is 1. The number of hydrogen-bond acceptors (Lipinski definition) is 8. The third-order valence-corrected chi connectivity index (χ3v) is 7.74. The van der Waals surface area contributed by atoms with Gasteiger partial charge in [0.1, 0.15) is 11.3 Å². The number of aromatic nitrogens is 5. The highest BCUT2D eigenvalue weighted by Gasteiger charge is 2.33. The monoisotopic (exact) mass is 503 g/mol. The molecule has 0 spiro atoms. The fraction of sp³-hybridized carbons (Fsp3) is 0.238. The maximum Gasteiger partial charge on any atom is 0.387 e. The lowest BCUT2D eigenvalue weighted by Crippen LogP contribution is -2.51. The van der Waals surface area contributed by atoms with Crippen LogP contribution in [0.4, 0.5) is 14.5 Å². The van der Waals surface area contributed by atoms with E-state index in [1.807, 2.05) is 0 Å². The zero-order valence-corrected chi connectivity index (χ0v) is 18.8. The van der Waals surface area contributed by atoms with Crippen molar-refractivity contribution in [3.05, 3.63) is 65.9 Å². The van der Waals surface area contributed by atoms with Gasteiger partial charge in [-0.25, -0.2) is 17.9 Å². The minimum absolute atomic E-state index is 0.00291. The summed E-state index contributed by atoms with van der Waals surface area (Å²) in [5, 5.41) is 15.8. The summed E-state index contributed by atoms with van der Waals surface area (Å²) in [6.45, 7) is -2.46. The Kier molecular flexibility index (Phi) is 5.90. The summed E-state index contributed by atoms with van der Waals surface area (Å²) in [6.07, 6.45) is 5.85. The topological polar surface area (TPSA) is 143 Å². The van der Waals surface area contributed by atoms with Crippen LogP contribution >= 0.6 is 0 Å². The van der Waals surface area contributed by atoms with Gasteiger partial charge in [0.05, 0.1) is 33.9 Å². The molecule has 1 aromatic carbocycles. The number of amides is 1. The maximum atomic E-state index is 13.0. The molecule has 1 saturated heterocycles. The standard InChI is InChI=1S/C21H19F2N7O4S/c22-21(23)34-18-3-2-13(35(32,33)14-8-24-9-14)6-12(18)7-16-17(11-26-29-16)28-20(31)15-10-27-30-5-1-4-25-19(15)30/h1-6,10-11,14,21,24H,7-9H2,(H,26,29)(H,28,31). The van der Waals surface area contributed by atoms with Crippen LogP contribution in [0, 0.1) is 0 Å². The van der Waals surface area contributed by atoms with Gasteiger partial charge in [0, 0.05) is 37.5 Å². The summed E-state index contributed by atoms with van der Waals surface area (Å²) >= 11 is 0. The molecule has 1 amide bonds. The van der Waals surface area contributed by atoms with E-state index in [1.165, 1.54) is 41.3 Å². The van der Waals surface area contributed by atoms with Gasteiger partial charge in [-0.3, -0.25) is 9.89 Å². The van der Waals surface area contributed by atoms with Gasteiger partial charge < -0.3 is 15.4 Å². The van der Waals surface area contributed by atoms with Crippen molar-refractivity contribution in [2.24, 2.45) is 0 Å². The number of rotatable bonds is 8. The number of ether oxygens (including phenoxy) is 1. The fourth-order valence-electron chi connectivity index (χ4n) is 3.68. The second kappa shape index (κ2) is 9.03. The molecule has 182 valence electrons. The van der Waals surface area contributed by atoms with Gasteiger partial charge in [0.2, 0.25) is 0 Å². The van der Waals surface area contributed by atoms with E-state index in [0.29, 0.717) is 24.4 Å². The van der Waals surface area contributed by atoms with Gasteiger partial charge in [0.25, 0.3) is 5.91 Å². The van der Waals surface area contributed by atoms with Gasteiger partial charge in [-0.05, 0) is 24.3 Å². The summed E-state index contributed by atoms with van der Waals surface area (Å²) < 4.78 is 57.7. The van der Waals surface area contributed by atoms with E-state index in [4.69, 9.17) is 0 Å². The molecule has 0 saturated carbocycles. The highest BCUT2D eigenvalue weighted by atomic mass is 32.2. The second-order valence-electron chi connectivity index (χ2n) is 7.81. The van der Waals surface area contributed by atoms with Gasteiger partial charge in [-0.15, -0.1) is 0 Å². The molecule has 3 N–H and O–H groups in total. The zero-order chi connectivity index (χ0) is 24.6. The van der Waals surface area contributed by atoms with Gasteiger partial charge in [-0.2, -0.15) is 19.0 Å². The molecule has 5 rings (SSSR count). The van der Waals surface area contributed by atoms with Crippen LogP contribution in [0.3, 0.4) is 0 Å². The molecule has 0 aliphatic carbocycles. The molecule has 11 nitrogen and oxygen atoms in total. The van der Waals surface area contributed by atoms with E-state index in [9.17, 15) is 22.0 Å². The summed E-state index contributed by atoms with van der Waals surface area (Å²) in [6, 6.07) is 5.44. The fourth-order valence-corrected chi connectivity index (χ4v) is 5.30. The summed E-state index contributed by atoms with van der Waals surface area (Å²) in [4.78, 5) is 17.0. The number of H-pyrrole nitrogens is 1. The molecule has 1 aliphatic rings. The molecule has 0 radical (unpaired) electrons. The van der Waals surface area contributed by atoms with Crippen LogP contribution in [0.1, 0.15) is 21.6 Å². The van der Waals surface area contributed by atoms with E-state index in [-0.39, 0.29) is 33.9 Å². The van der Waals surface area contributed by atoms with Crippen LogP contribution in [0.25, 0.3) is 5.65 Å². The Morgan fingerprint density at radius 3 is 2.86 bits per heavy atom. The highest BCUT2D eigenvalue weighted by Crippen LogP contribution is 2.30. The third-order valence-electron chi connectivity index (χ3n) is 5.62. The molecule has 35 heavy (non-hydrogen) atoms. The number of aromatic amines is 1. The first-order chi connectivity index (χ1) is 16.8. The summed E-state index contributed by atoms with van der Waals surface area (Å²) in [5.74, 6) is -0.677. The number of nitrogens with zero attached hydrogens (tertiary/aromatic N) is 4. The Balaban J connectivity index is 1.43. The third kappa shape index (κ3) is 4.44. The number of benzene rings is 1. The Hall–Kier alpha value is -3.91. The first-order valence-corrected chi connectivity index (χ1v) is 12.0. The smallest absolute Gasteiger partial charge is 0.387 e. The van der Waals surface area contributed by atoms with Crippen molar-refractivity contribution in [1.29, 1.82) is 0 Å². The summed E-state index contributed by atoms with van der Waals surface area (Å²) in [7, 11) is -3.65. The Morgan fingerprint density at radius 2 is 2.11 bits per heavy atom. The quantitative estimate of drug-likeness (QED) is 0.329. The number of halogens is 2. The van der Waals surface area contributed by atoms with E-state index >= 15 is 0 Å². The number of nitrogens with one attached hydrogen (secondary N) is 3. The molecule has 4 heterocycles. The van der Waals surface area contributed by atoms with Crippen LogP contribution in [0.15, 0.2) is 53.9 Å². The lowest BCUT2D eigenvalue weighted by atomic mass is 10.1. The second-order valence-corrected chi connectivity index (χ2v) is 10.0. The minimum atomic E-state index is -3.65. The molecular formula is C21H19F2N7O4S. The van der Waals surface area contributed by atoms with Crippen molar-refractivity contribution in [1.82, 2.24) is 30.1 Å². The van der Waals surface area contributed by atoms with Crippen molar-refractivity contribution in [2.75, 3.05) is 18.4 Å².